The third kappa shape index (κ3) is 3.23. The molecule has 3 aromatic carbocycles. The molecule has 0 N–H and O–H groups in total. The van der Waals surface area contributed by atoms with Gasteiger partial charge in [-0.3, -0.25) is 14.7 Å². The van der Waals surface area contributed by atoms with Crippen LogP contribution < -0.4 is 9.64 Å². The Morgan fingerprint density at radius 2 is 1.48 bits per heavy atom. The van der Waals surface area contributed by atoms with E-state index in [0.717, 1.165) is 35.1 Å². The second-order valence-corrected chi connectivity index (χ2v) is 7.11. The number of anilines is 2. The number of carbonyl (C=O) groups excluding carboxylic acids is 1. The minimum atomic E-state index is -0.0975. The molecule has 0 atom stereocenters. The number of fused-ring (bicyclic) bond motifs is 3. The van der Waals surface area contributed by atoms with E-state index >= 15 is 0 Å². The van der Waals surface area contributed by atoms with Crippen molar-refractivity contribution in [3.8, 4) is 5.75 Å². The molecule has 29 heavy (non-hydrogen) atoms. The van der Waals surface area contributed by atoms with E-state index in [1.165, 1.54) is 11.1 Å². The van der Waals surface area contributed by atoms with E-state index < -0.39 is 0 Å². The molecule has 0 unspecified atom stereocenters. The summed E-state index contributed by atoms with van der Waals surface area (Å²) in [7, 11) is 0. The first-order valence-electron chi connectivity index (χ1n) is 9.76. The molecule has 4 heteroatoms. The van der Waals surface area contributed by atoms with Gasteiger partial charge in [0.25, 0.3) is 5.91 Å². The minimum absolute atomic E-state index is 0.0572. The fraction of sp³-hybridized carbons (Fsp3) is 0.120. The van der Waals surface area contributed by atoms with Crippen LogP contribution in [0.5, 0.6) is 5.75 Å². The number of rotatable bonds is 3. The molecule has 1 aliphatic heterocycles. The van der Waals surface area contributed by atoms with Crippen LogP contribution in [0.4, 0.5) is 11.4 Å². The first-order valence-corrected chi connectivity index (χ1v) is 9.76. The topological polar surface area (TPSA) is 42.4 Å². The summed E-state index contributed by atoms with van der Waals surface area (Å²) in [6.07, 6.45) is 3.55. The molecule has 4 aromatic rings. The molecule has 4 nitrogen and oxygen atoms in total. The summed E-state index contributed by atoms with van der Waals surface area (Å²) in [5.74, 6) is 0.521. The smallest absolute Gasteiger partial charge is 0.269 e. The molecule has 2 heterocycles. The van der Waals surface area contributed by atoms with Crippen molar-refractivity contribution in [1.82, 2.24) is 4.98 Å². The van der Waals surface area contributed by atoms with Gasteiger partial charge in [0.05, 0.1) is 11.4 Å². The Balaban J connectivity index is 1.49. The zero-order chi connectivity index (χ0) is 19.6. The summed E-state index contributed by atoms with van der Waals surface area (Å²) >= 11 is 0. The number of nitrogens with zero attached hydrogens (tertiary/aromatic N) is 2. The monoisotopic (exact) mass is 380 g/mol. The SMILES string of the molecule is O=C(COc1cccc2cccnc12)N1c2ccccc2CCc2ccccc21. The van der Waals surface area contributed by atoms with Gasteiger partial charge in [0, 0.05) is 11.6 Å². The summed E-state index contributed by atoms with van der Waals surface area (Å²) in [6, 6.07) is 25.8. The molecule has 1 aromatic heterocycles. The van der Waals surface area contributed by atoms with Gasteiger partial charge in [-0.15, -0.1) is 0 Å². The van der Waals surface area contributed by atoms with Gasteiger partial charge < -0.3 is 4.74 Å². The molecule has 0 radical (unpaired) electrons. The number of pyridine rings is 1. The Kier molecular flexibility index (Phi) is 4.45. The van der Waals surface area contributed by atoms with Crippen molar-refractivity contribution in [2.75, 3.05) is 11.5 Å². The average molecular weight is 380 g/mol. The van der Waals surface area contributed by atoms with Crippen molar-refractivity contribution in [3.63, 3.8) is 0 Å². The number of ether oxygens (including phenoxy) is 1. The molecular weight excluding hydrogens is 360 g/mol. The predicted octanol–water partition coefficient (Wildman–Crippen LogP) is 5.08. The Hall–Kier alpha value is -3.66. The lowest BCUT2D eigenvalue weighted by Gasteiger charge is -2.25. The third-order valence-electron chi connectivity index (χ3n) is 5.32. The van der Waals surface area contributed by atoms with E-state index in [9.17, 15) is 4.79 Å². The molecule has 1 aliphatic rings. The fourth-order valence-corrected chi connectivity index (χ4v) is 3.95. The number of carbonyl (C=O) groups is 1. The van der Waals surface area contributed by atoms with Crippen LogP contribution in [0.1, 0.15) is 11.1 Å². The van der Waals surface area contributed by atoms with Gasteiger partial charge in [-0.1, -0.05) is 54.6 Å². The maximum atomic E-state index is 13.4. The number of hydrogen-bond donors (Lipinski definition) is 0. The third-order valence-corrected chi connectivity index (χ3v) is 5.32. The van der Waals surface area contributed by atoms with Gasteiger partial charge in [-0.25, -0.2) is 0 Å². The molecule has 0 saturated heterocycles. The highest BCUT2D eigenvalue weighted by molar-refractivity contribution is 6.03. The normalized spacial score (nSPS) is 12.8. The maximum absolute atomic E-state index is 13.4. The van der Waals surface area contributed by atoms with E-state index in [2.05, 4.69) is 17.1 Å². The van der Waals surface area contributed by atoms with Crippen LogP contribution >= 0.6 is 0 Å². The van der Waals surface area contributed by atoms with Crippen LogP contribution in [0.2, 0.25) is 0 Å². The van der Waals surface area contributed by atoms with Crippen molar-refractivity contribution in [3.05, 3.63) is 96.2 Å². The standard InChI is InChI=1S/C25H20N2O2/c28-24(17-29-23-13-5-9-20-10-6-16-26-25(20)23)27-21-11-3-1-7-18(21)14-15-19-8-2-4-12-22(19)27/h1-13,16H,14-15,17H2. The average Bonchev–Trinajstić information content (AvgIpc) is 2.94. The Morgan fingerprint density at radius 1 is 0.828 bits per heavy atom. The highest BCUT2D eigenvalue weighted by atomic mass is 16.5. The molecule has 1 amide bonds. The van der Waals surface area contributed by atoms with Crippen LogP contribution in [0.25, 0.3) is 10.9 Å². The number of amides is 1. The summed E-state index contributed by atoms with van der Waals surface area (Å²) in [6.45, 7) is -0.0572. The van der Waals surface area contributed by atoms with Crippen LogP contribution in [0, 0.1) is 0 Å². The zero-order valence-corrected chi connectivity index (χ0v) is 15.9. The predicted molar refractivity (Wildman–Crippen MR) is 115 cm³/mol. The van der Waals surface area contributed by atoms with Crippen LogP contribution in [-0.2, 0) is 17.6 Å². The van der Waals surface area contributed by atoms with Crippen molar-refractivity contribution < 1.29 is 9.53 Å². The van der Waals surface area contributed by atoms with Gasteiger partial charge in [0.15, 0.2) is 6.61 Å². The van der Waals surface area contributed by atoms with Crippen LogP contribution in [0.15, 0.2) is 85.1 Å². The van der Waals surface area contributed by atoms with Crippen molar-refractivity contribution in [2.45, 2.75) is 12.8 Å². The molecule has 0 aliphatic carbocycles. The lowest BCUT2D eigenvalue weighted by atomic mass is 10.0. The second-order valence-electron chi connectivity index (χ2n) is 7.11. The largest absolute Gasteiger partial charge is 0.481 e. The zero-order valence-electron chi connectivity index (χ0n) is 15.9. The first kappa shape index (κ1) is 17.4. The van der Waals surface area contributed by atoms with Gasteiger partial charge in [-0.2, -0.15) is 0 Å². The summed E-state index contributed by atoms with van der Waals surface area (Å²) < 4.78 is 5.95. The number of benzene rings is 3. The number of hydrogen-bond acceptors (Lipinski definition) is 3. The van der Waals surface area contributed by atoms with Crippen molar-refractivity contribution >= 4 is 28.2 Å². The second kappa shape index (κ2) is 7.40. The van der Waals surface area contributed by atoms with E-state index in [0.29, 0.717) is 5.75 Å². The fourth-order valence-electron chi connectivity index (χ4n) is 3.95. The van der Waals surface area contributed by atoms with E-state index in [4.69, 9.17) is 4.74 Å². The number of aryl methyl sites for hydroxylation is 2. The maximum Gasteiger partial charge on any atom is 0.269 e. The van der Waals surface area contributed by atoms with Crippen LogP contribution in [0.3, 0.4) is 0 Å². The Labute approximate surface area is 169 Å². The van der Waals surface area contributed by atoms with Gasteiger partial charge in [0.2, 0.25) is 0 Å². The summed E-state index contributed by atoms with van der Waals surface area (Å²) in [4.78, 5) is 19.6. The van der Waals surface area contributed by atoms with E-state index in [-0.39, 0.29) is 12.5 Å². The summed E-state index contributed by atoms with van der Waals surface area (Å²) in [5, 5.41) is 0.989. The molecule has 5 rings (SSSR count). The molecule has 0 saturated carbocycles. The van der Waals surface area contributed by atoms with E-state index in [1.54, 1.807) is 11.1 Å². The van der Waals surface area contributed by atoms with Gasteiger partial charge in [-0.05, 0) is 48.2 Å². The van der Waals surface area contributed by atoms with Crippen molar-refractivity contribution in [1.29, 1.82) is 0 Å². The Morgan fingerprint density at radius 3 is 2.21 bits per heavy atom. The highest BCUT2D eigenvalue weighted by Gasteiger charge is 2.25. The molecule has 0 fully saturated rings. The molecule has 142 valence electrons. The summed E-state index contributed by atoms with van der Waals surface area (Å²) in [5.41, 5.74) is 4.97. The van der Waals surface area contributed by atoms with Crippen LogP contribution in [-0.4, -0.2) is 17.5 Å². The highest BCUT2D eigenvalue weighted by Crippen LogP contribution is 2.36. The minimum Gasteiger partial charge on any atom is -0.481 e. The first-order chi connectivity index (χ1) is 14.3. The quantitative estimate of drug-likeness (QED) is 0.498. The molecule has 0 bridgehead atoms. The Bertz CT molecular complexity index is 1150. The lowest BCUT2D eigenvalue weighted by Crippen LogP contribution is -2.31. The lowest BCUT2D eigenvalue weighted by molar-refractivity contribution is -0.119. The molecular formula is C25H20N2O2. The van der Waals surface area contributed by atoms with Gasteiger partial charge in [0.1, 0.15) is 11.3 Å². The van der Waals surface area contributed by atoms with Gasteiger partial charge >= 0.3 is 0 Å². The van der Waals surface area contributed by atoms with E-state index in [1.807, 2.05) is 66.7 Å². The van der Waals surface area contributed by atoms with Crippen molar-refractivity contribution in [2.24, 2.45) is 0 Å². The molecule has 0 spiro atoms. The number of para-hydroxylation sites is 3. The number of aromatic nitrogens is 1.